The highest BCUT2D eigenvalue weighted by atomic mass is 16.2. The van der Waals surface area contributed by atoms with Gasteiger partial charge in [-0.3, -0.25) is 9.89 Å². The molecule has 2 aromatic rings. The topological polar surface area (TPSA) is 99.7 Å². The summed E-state index contributed by atoms with van der Waals surface area (Å²) >= 11 is 0. The lowest BCUT2D eigenvalue weighted by atomic mass is 10.0. The third-order valence-corrected chi connectivity index (χ3v) is 3.25. The fraction of sp³-hybridized carbons (Fsp3) is 0.417. The molecule has 0 bridgehead atoms. The minimum absolute atomic E-state index is 0.226. The number of aromatic amines is 1. The Morgan fingerprint density at radius 2 is 2.30 bits per heavy atom. The Bertz CT molecular complexity index is 574. The molecule has 0 spiro atoms. The highest BCUT2D eigenvalue weighted by Crippen LogP contribution is 2.21. The van der Waals surface area contributed by atoms with Gasteiger partial charge >= 0.3 is 0 Å². The highest BCUT2D eigenvalue weighted by molar-refractivity contribution is 5.90. The van der Waals surface area contributed by atoms with Crippen molar-refractivity contribution in [2.45, 2.75) is 6.92 Å². The second-order valence-electron chi connectivity index (χ2n) is 4.85. The normalized spacial score (nSPS) is 14.9. The molecule has 8 nitrogen and oxygen atoms in total. The number of carbonyl (C=O) groups is 1. The molecule has 1 aliphatic rings. The monoisotopic (exact) mass is 273 g/mol. The maximum absolute atomic E-state index is 11.7. The van der Waals surface area contributed by atoms with Gasteiger partial charge in [-0.15, -0.1) is 5.10 Å². The van der Waals surface area contributed by atoms with E-state index in [2.05, 4.69) is 35.6 Å². The highest BCUT2D eigenvalue weighted by Gasteiger charge is 2.28. The molecule has 2 aromatic heterocycles. The molecule has 0 atom stereocenters. The zero-order valence-electron chi connectivity index (χ0n) is 11.1. The number of aromatic nitrogens is 5. The summed E-state index contributed by atoms with van der Waals surface area (Å²) in [5, 5.41) is 17.2. The summed E-state index contributed by atoms with van der Waals surface area (Å²) in [5.41, 5.74) is 0.908. The van der Waals surface area contributed by atoms with E-state index in [1.54, 1.807) is 0 Å². The van der Waals surface area contributed by atoms with Crippen molar-refractivity contribution in [3.63, 3.8) is 0 Å². The van der Waals surface area contributed by atoms with Gasteiger partial charge in [0.25, 0.3) is 5.91 Å². The van der Waals surface area contributed by atoms with Crippen molar-refractivity contribution < 1.29 is 4.79 Å². The Kier molecular flexibility index (Phi) is 3.28. The second-order valence-corrected chi connectivity index (χ2v) is 4.85. The molecule has 3 rings (SSSR count). The molecule has 0 unspecified atom stereocenters. The Balaban J connectivity index is 1.44. The summed E-state index contributed by atoms with van der Waals surface area (Å²) in [4.78, 5) is 17.6. The van der Waals surface area contributed by atoms with Crippen molar-refractivity contribution in [1.82, 2.24) is 30.7 Å². The third kappa shape index (κ3) is 2.58. The number of hydrogen-bond donors (Lipinski definition) is 2. The van der Waals surface area contributed by atoms with Gasteiger partial charge < -0.3 is 10.2 Å². The molecule has 2 N–H and O–H groups in total. The molecule has 0 saturated carbocycles. The molecule has 8 heteroatoms. The van der Waals surface area contributed by atoms with Gasteiger partial charge in [0.2, 0.25) is 5.82 Å². The molecule has 0 aromatic carbocycles. The van der Waals surface area contributed by atoms with Crippen molar-refractivity contribution in [2.75, 3.05) is 24.5 Å². The molecule has 0 aliphatic carbocycles. The first-order valence-electron chi connectivity index (χ1n) is 6.41. The predicted octanol–water partition coefficient (Wildman–Crippen LogP) is -0.231. The van der Waals surface area contributed by atoms with E-state index in [1.165, 1.54) is 6.33 Å². The van der Waals surface area contributed by atoms with E-state index in [1.807, 2.05) is 19.1 Å². The minimum atomic E-state index is -0.226. The van der Waals surface area contributed by atoms with Crippen molar-refractivity contribution >= 4 is 11.7 Å². The average molecular weight is 273 g/mol. The summed E-state index contributed by atoms with van der Waals surface area (Å²) in [6.45, 7) is 4.27. The first kappa shape index (κ1) is 12.5. The van der Waals surface area contributed by atoms with Gasteiger partial charge in [0.05, 0.1) is 5.69 Å². The van der Waals surface area contributed by atoms with Crippen molar-refractivity contribution in [1.29, 1.82) is 0 Å². The van der Waals surface area contributed by atoms with E-state index in [0.29, 0.717) is 12.5 Å². The Morgan fingerprint density at radius 3 is 2.95 bits per heavy atom. The number of H-pyrrole nitrogens is 1. The predicted molar refractivity (Wildman–Crippen MR) is 71.2 cm³/mol. The molecule has 1 aliphatic heterocycles. The van der Waals surface area contributed by atoms with Crippen LogP contribution in [0.25, 0.3) is 0 Å². The molecular formula is C12H15N7O. The first-order valence-corrected chi connectivity index (χ1v) is 6.41. The van der Waals surface area contributed by atoms with Gasteiger partial charge in [0, 0.05) is 25.6 Å². The lowest BCUT2D eigenvalue weighted by Gasteiger charge is -2.39. The van der Waals surface area contributed by atoms with E-state index in [0.717, 1.165) is 24.6 Å². The largest absolute Gasteiger partial charge is 0.354 e. The molecule has 1 amide bonds. The SMILES string of the molecule is Cc1ccc(N2CC(CNC(=O)c3ncn[nH]3)C2)nn1. The van der Waals surface area contributed by atoms with Crippen LogP contribution in [-0.2, 0) is 0 Å². The summed E-state index contributed by atoms with van der Waals surface area (Å²) in [6, 6.07) is 3.91. The summed E-state index contributed by atoms with van der Waals surface area (Å²) in [5.74, 6) is 1.32. The van der Waals surface area contributed by atoms with Crippen LogP contribution in [0.1, 0.15) is 16.3 Å². The second kappa shape index (κ2) is 5.24. The van der Waals surface area contributed by atoms with Gasteiger partial charge in [-0.25, -0.2) is 4.98 Å². The molecule has 20 heavy (non-hydrogen) atoms. The van der Waals surface area contributed by atoms with Gasteiger partial charge in [-0.05, 0) is 19.1 Å². The van der Waals surface area contributed by atoms with Crippen LogP contribution in [0.2, 0.25) is 0 Å². The lowest BCUT2D eigenvalue weighted by Crippen LogP contribution is -2.52. The molecule has 1 saturated heterocycles. The summed E-state index contributed by atoms with van der Waals surface area (Å²) in [6.07, 6.45) is 1.32. The number of rotatable bonds is 4. The zero-order chi connectivity index (χ0) is 13.9. The van der Waals surface area contributed by atoms with Crippen LogP contribution < -0.4 is 10.2 Å². The van der Waals surface area contributed by atoms with Crippen LogP contribution in [0, 0.1) is 12.8 Å². The average Bonchev–Trinajstić information content (AvgIpc) is 2.92. The fourth-order valence-electron chi connectivity index (χ4n) is 2.08. The van der Waals surface area contributed by atoms with E-state index in [-0.39, 0.29) is 11.7 Å². The zero-order valence-corrected chi connectivity index (χ0v) is 11.1. The van der Waals surface area contributed by atoms with Crippen LogP contribution in [0.4, 0.5) is 5.82 Å². The smallest absolute Gasteiger partial charge is 0.288 e. The van der Waals surface area contributed by atoms with Crippen LogP contribution in [0.3, 0.4) is 0 Å². The number of anilines is 1. The van der Waals surface area contributed by atoms with Gasteiger partial charge in [-0.2, -0.15) is 10.2 Å². The standard InChI is InChI=1S/C12H15N7O/c1-8-2-3-10(17-16-8)19-5-9(6-19)4-13-12(20)11-14-7-15-18-11/h2-3,7,9H,4-6H2,1H3,(H,13,20)(H,14,15,18). The molecule has 0 radical (unpaired) electrons. The van der Waals surface area contributed by atoms with Crippen LogP contribution in [0.5, 0.6) is 0 Å². The van der Waals surface area contributed by atoms with Gasteiger partial charge in [0.1, 0.15) is 6.33 Å². The molecule has 1 fully saturated rings. The van der Waals surface area contributed by atoms with Crippen LogP contribution >= 0.6 is 0 Å². The lowest BCUT2D eigenvalue weighted by molar-refractivity contribution is 0.0934. The Labute approximate surface area is 115 Å². The molecular weight excluding hydrogens is 258 g/mol. The minimum Gasteiger partial charge on any atom is -0.354 e. The van der Waals surface area contributed by atoms with Crippen LogP contribution in [0.15, 0.2) is 18.5 Å². The number of aryl methyl sites for hydroxylation is 1. The fourth-order valence-corrected chi connectivity index (χ4v) is 2.08. The molecule has 3 heterocycles. The van der Waals surface area contributed by atoms with Gasteiger partial charge in [-0.1, -0.05) is 0 Å². The Morgan fingerprint density at radius 1 is 1.45 bits per heavy atom. The third-order valence-electron chi connectivity index (χ3n) is 3.25. The van der Waals surface area contributed by atoms with Crippen molar-refractivity contribution in [2.24, 2.45) is 5.92 Å². The van der Waals surface area contributed by atoms with Gasteiger partial charge in [0.15, 0.2) is 5.82 Å². The maximum atomic E-state index is 11.7. The maximum Gasteiger partial charge on any atom is 0.288 e. The number of hydrogen-bond acceptors (Lipinski definition) is 6. The van der Waals surface area contributed by atoms with E-state index >= 15 is 0 Å². The number of nitrogens with zero attached hydrogens (tertiary/aromatic N) is 5. The number of amides is 1. The van der Waals surface area contributed by atoms with Crippen LogP contribution in [-0.4, -0.2) is 50.9 Å². The summed E-state index contributed by atoms with van der Waals surface area (Å²) in [7, 11) is 0. The number of carbonyl (C=O) groups excluding carboxylic acids is 1. The number of nitrogens with one attached hydrogen (secondary N) is 2. The molecule has 104 valence electrons. The Hall–Kier alpha value is -2.51. The van der Waals surface area contributed by atoms with Crippen molar-refractivity contribution in [3.05, 3.63) is 30.0 Å². The van der Waals surface area contributed by atoms with E-state index < -0.39 is 0 Å². The van der Waals surface area contributed by atoms with E-state index in [9.17, 15) is 4.79 Å². The van der Waals surface area contributed by atoms with Crippen molar-refractivity contribution in [3.8, 4) is 0 Å². The summed E-state index contributed by atoms with van der Waals surface area (Å²) < 4.78 is 0. The quantitative estimate of drug-likeness (QED) is 0.798. The van der Waals surface area contributed by atoms with E-state index in [4.69, 9.17) is 0 Å². The first-order chi connectivity index (χ1) is 9.72.